The second-order valence-electron chi connectivity index (χ2n) is 4.68. The molecule has 4 nitrogen and oxygen atoms in total. The molecule has 0 aromatic carbocycles. The minimum atomic E-state index is -0.321. The number of rotatable bonds is 1. The molecule has 2 aliphatic rings. The van der Waals surface area contributed by atoms with Gasteiger partial charge in [0.05, 0.1) is 6.04 Å². The Labute approximate surface area is 77.9 Å². The second kappa shape index (κ2) is 2.45. The SMILES string of the molecule is CN([O-])C(=O)[C@H]1NC[C@H]2[C@@H]1C2(C)C. The number of fused-ring (bicyclic) bond motifs is 1. The van der Waals surface area contributed by atoms with Gasteiger partial charge in [-0.15, -0.1) is 0 Å². The van der Waals surface area contributed by atoms with E-state index >= 15 is 0 Å². The molecule has 3 atom stereocenters. The van der Waals surface area contributed by atoms with Gasteiger partial charge in [-0.05, 0) is 30.8 Å². The van der Waals surface area contributed by atoms with E-state index in [2.05, 4.69) is 19.2 Å². The first-order valence-electron chi connectivity index (χ1n) is 4.64. The van der Waals surface area contributed by atoms with Gasteiger partial charge in [-0.3, -0.25) is 4.79 Å². The molecule has 1 N–H and O–H groups in total. The largest absolute Gasteiger partial charge is 0.756 e. The predicted molar refractivity (Wildman–Crippen MR) is 48.7 cm³/mol. The molecule has 2 rings (SSSR count). The third-order valence-electron chi connectivity index (χ3n) is 3.63. The zero-order valence-corrected chi connectivity index (χ0v) is 8.20. The van der Waals surface area contributed by atoms with Crippen molar-refractivity contribution in [3.63, 3.8) is 0 Å². The predicted octanol–water partition coefficient (Wildman–Crippen LogP) is 0.187. The topological polar surface area (TPSA) is 55.4 Å². The van der Waals surface area contributed by atoms with Crippen molar-refractivity contribution in [2.75, 3.05) is 13.6 Å². The Kier molecular flexibility index (Phi) is 1.69. The van der Waals surface area contributed by atoms with Gasteiger partial charge in [0.25, 0.3) is 0 Å². The highest BCUT2D eigenvalue weighted by Crippen LogP contribution is 2.62. The molecule has 1 amide bonds. The van der Waals surface area contributed by atoms with Gasteiger partial charge >= 0.3 is 0 Å². The van der Waals surface area contributed by atoms with Crippen molar-refractivity contribution in [2.45, 2.75) is 19.9 Å². The van der Waals surface area contributed by atoms with E-state index in [4.69, 9.17) is 0 Å². The summed E-state index contributed by atoms with van der Waals surface area (Å²) in [4.78, 5) is 11.4. The summed E-state index contributed by atoms with van der Waals surface area (Å²) < 4.78 is 0. The van der Waals surface area contributed by atoms with Gasteiger partial charge in [0.1, 0.15) is 0 Å². The Morgan fingerprint density at radius 3 is 2.62 bits per heavy atom. The summed E-state index contributed by atoms with van der Waals surface area (Å²) in [7, 11) is 1.27. The van der Waals surface area contributed by atoms with Crippen LogP contribution in [0.5, 0.6) is 0 Å². The number of piperidine rings is 1. The summed E-state index contributed by atoms with van der Waals surface area (Å²) in [5.74, 6) is 0.635. The Morgan fingerprint density at radius 1 is 1.62 bits per heavy atom. The van der Waals surface area contributed by atoms with Crippen LogP contribution in [0.15, 0.2) is 0 Å². The third kappa shape index (κ3) is 1.09. The molecule has 13 heavy (non-hydrogen) atoms. The van der Waals surface area contributed by atoms with E-state index in [1.165, 1.54) is 7.05 Å². The molecule has 0 unspecified atom stereocenters. The number of hydrogen-bond donors (Lipinski definition) is 1. The van der Waals surface area contributed by atoms with Gasteiger partial charge in [-0.25, -0.2) is 0 Å². The quantitative estimate of drug-likeness (QED) is 0.590. The summed E-state index contributed by atoms with van der Waals surface area (Å²) in [5, 5.41) is 14.4. The summed E-state index contributed by atoms with van der Waals surface area (Å²) in [5.41, 5.74) is 0.252. The number of carbonyl (C=O) groups excluding carboxylic acids is 1. The van der Waals surface area contributed by atoms with E-state index in [9.17, 15) is 10.0 Å². The van der Waals surface area contributed by atoms with Crippen LogP contribution in [0.1, 0.15) is 13.8 Å². The first kappa shape index (κ1) is 8.97. The molecule has 4 heteroatoms. The Morgan fingerprint density at radius 2 is 2.23 bits per heavy atom. The summed E-state index contributed by atoms with van der Waals surface area (Å²) in [6.07, 6.45) is 0. The van der Waals surface area contributed by atoms with Crippen molar-refractivity contribution >= 4 is 5.91 Å². The Balaban J connectivity index is 2.08. The number of hydroxylamine groups is 2. The lowest BCUT2D eigenvalue weighted by molar-refractivity contribution is -0.130. The minimum Gasteiger partial charge on any atom is -0.756 e. The van der Waals surface area contributed by atoms with E-state index in [0.717, 1.165) is 6.54 Å². The zero-order valence-electron chi connectivity index (χ0n) is 8.20. The monoisotopic (exact) mass is 183 g/mol. The van der Waals surface area contributed by atoms with Crippen LogP contribution in [-0.4, -0.2) is 30.6 Å². The normalized spacial score (nSPS) is 39.8. The number of nitrogens with zero attached hydrogens (tertiary/aromatic N) is 1. The number of amides is 1. The maximum atomic E-state index is 11.4. The van der Waals surface area contributed by atoms with Crippen molar-refractivity contribution in [1.82, 2.24) is 10.4 Å². The third-order valence-corrected chi connectivity index (χ3v) is 3.63. The highest BCUT2D eigenvalue weighted by Gasteiger charge is 2.65. The first-order valence-corrected chi connectivity index (χ1v) is 4.64. The molecular formula is C9H15N2O2-. The van der Waals surface area contributed by atoms with E-state index < -0.39 is 0 Å². The van der Waals surface area contributed by atoms with Gasteiger partial charge in [-0.1, -0.05) is 13.8 Å². The van der Waals surface area contributed by atoms with Crippen LogP contribution in [0, 0.1) is 22.5 Å². The Hall–Kier alpha value is -0.610. The Bertz CT molecular complexity index is 250. The average Bonchev–Trinajstić information content (AvgIpc) is 2.50. The van der Waals surface area contributed by atoms with Crippen LogP contribution in [0.4, 0.5) is 0 Å². The summed E-state index contributed by atoms with van der Waals surface area (Å²) in [6, 6.07) is -0.234. The fourth-order valence-corrected chi connectivity index (χ4v) is 2.66. The van der Waals surface area contributed by atoms with Crippen LogP contribution >= 0.6 is 0 Å². The van der Waals surface area contributed by atoms with Gasteiger partial charge in [-0.2, -0.15) is 0 Å². The fraction of sp³-hybridized carbons (Fsp3) is 0.889. The smallest absolute Gasteiger partial charge is 0.229 e. The van der Waals surface area contributed by atoms with Crippen LogP contribution < -0.4 is 5.32 Å². The summed E-state index contributed by atoms with van der Waals surface area (Å²) >= 11 is 0. The van der Waals surface area contributed by atoms with Crippen molar-refractivity contribution < 1.29 is 4.79 Å². The molecular weight excluding hydrogens is 168 g/mol. The fourth-order valence-electron chi connectivity index (χ4n) is 2.66. The first-order chi connectivity index (χ1) is 5.96. The molecule has 1 saturated carbocycles. The lowest BCUT2D eigenvalue weighted by Gasteiger charge is -2.28. The molecule has 74 valence electrons. The van der Waals surface area contributed by atoms with Gasteiger partial charge < -0.3 is 15.6 Å². The lowest BCUT2D eigenvalue weighted by atomic mass is 10.0. The molecule has 2 fully saturated rings. The van der Waals surface area contributed by atoms with E-state index in [1.54, 1.807) is 0 Å². The zero-order chi connectivity index (χ0) is 9.80. The summed E-state index contributed by atoms with van der Waals surface area (Å²) in [6.45, 7) is 5.20. The maximum Gasteiger partial charge on any atom is 0.229 e. The van der Waals surface area contributed by atoms with Crippen molar-refractivity contribution in [1.29, 1.82) is 0 Å². The molecule has 1 heterocycles. The van der Waals surface area contributed by atoms with Gasteiger partial charge in [0.2, 0.25) is 5.91 Å². The van der Waals surface area contributed by atoms with Crippen LogP contribution in [0.3, 0.4) is 0 Å². The average molecular weight is 183 g/mol. The number of carbonyl (C=O) groups is 1. The number of hydrogen-bond acceptors (Lipinski definition) is 3. The van der Waals surface area contributed by atoms with Crippen LogP contribution in [0.2, 0.25) is 0 Å². The number of likely N-dealkylation sites (N-methyl/N-ethyl adjacent to an activating group) is 1. The molecule has 0 radical (unpaired) electrons. The van der Waals surface area contributed by atoms with Crippen LogP contribution in [-0.2, 0) is 4.79 Å². The highest BCUT2D eigenvalue weighted by atomic mass is 16.5. The molecule has 1 saturated heterocycles. The van der Waals surface area contributed by atoms with Gasteiger partial charge in [0, 0.05) is 0 Å². The van der Waals surface area contributed by atoms with Gasteiger partial charge in [0.15, 0.2) is 0 Å². The van der Waals surface area contributed by atoms with Crippen LogP contribution in [0.25, 0.3) is 0 Å². The molecule has 1 aliphatic carbocycles. The van der Waals surface area contributed by atoms with E-state index in [0.29, 0.717) is 16.9 Å². The standard InChI is InChI=1S/C9H15N2O2/c1-9(2)5-4-10-7(6(5)9)8(12)11(3)13/h5-7,10H,4H2,1-3H3/q-1/t5-,6-,7-/m0/s1. The molecule has 1 aliphatic heterocycles. The maximum absolute atomic E-state index is 11.4. The molecule has 0 aromatic heterocycles. The molecule has 0 spiro atoms. The van der Waals surface area contributed by atoms with E-state index in [-0.39, 0.29) is 17.4 Å². The number of nitrogens with one attached hydrogen (secondary N) is 1. The minimum absolute atomic E-state index is 0.234. The van der Waals surface area contributed by atoms with Crippen molar-refractivity contribution in [3.05, 3.63) is 5.21 Å². The molecule has 0 bridgehead atoms. The molecule has 0 aromatic rings. The second-order valence-corrected chi connectivity index (χ2v) is 4.68. The van der Waals surface area contributed by atoms with E-state index in [1.807, 2.05) is 0 Å². The van der Waals surface area contributed by atoms with Crippen molar-refractivity contribution in [2.24, 2.45) is 17.3 Å². The van der Waals surface area contributed by atoms with Crippen molar-refractivity contribution in [3.8, 4) is 0 Å². The lowest BCUT2D eigenvalue weighted by Crippen LogP contribution is -2.43. The highest BCUT2D eigenvalue weighted by molar-refractivity contribution is 5.83.